The second-order valence-electron chi connectivity index (χ2n) is 4.10. The zero-order valence-corrected chi connectivity index (χ0v) is 11.0. The average molecular weight is 288 g/mol. The number of phenolic OH excluding ortho intramolecular Hbond substituents is 1. The zero-order chi connectivity index (χ0) is 15.4. The normalized spacial score (nSPS) is 9.95. The molecule has 1 aromatic carbocycles. The molecule has 0 bridgehead atoms. The molecule has 2 aromatic rings. The van der Waals surface area contributed by atoms with Crippen molar-refractivity contribution in [3.8, 4) is 11.5 Å². The molecule has 3 N–H and O–H groups in total. The van der Waals surface area contributed by atoms with Crippen LogP contribution < -0.4 is 10.1 Å². The number of carboxylic acids is 1. The van der Waals surface area contributed by atoms with Gasteiger partial charge in [-0.3, -0.25) is 9.78 Å². The third-order valence-corrected chi connectivity index (χ3v) is 2.69. The zero-order valence-electron chi connectivity index (χ0n) is 11.0. The molecule has 1 aromatic heterocycles. The molecule has 0 spiro atoms. The van der Waals surface area contributed by atoms with E-state index in [9.17, 15) is 14.7 Å². The Kier molecular flexibility index (Phi) is 4.03. The molecule has 0 aliphatic carbocycles. The number of aromatic carboxylic acids is 1. The molecular formula is C14H12N2O5. The summed E-state index contributed by atoms with van der Waals surface area (Å²) in [7, 11) is 1.44. The van der Waals surface area contributed by atoms with Gasteiger partial charge in [-0.2, -0.15) is 0 Å². The van der Waals surface area contributed by atoms with Crippen LogP contribution in [0.15, 0.2) is 36.7 Å². The van der Waals surface area contributed by atoms with E-state index in [1.165, 1.54) is 43.8 Å². The highest BCUT2D eigenvalue weighted by Crippen LogP contribution is 2.24. The number of carbonyl (C=O) groups is 2. The predicted octanol–water partition coefficient (Wildman–Crippen LogP) is 1.75. The van der Waals surface area contributed by atoms with E-state index in [-0.39, 0.29) is 22.6 Å². The number of phenols is 1. The number of nitrogens with one attached hydrogen (secondary N) is 1. The second kappa shape index (κ2) is 5.91. The molecular weight excluding hydrogens is 276 g/mol. The summed E-state index contributed by atoms with van der Waals surface area (Å²) in [6.07, 6.45) is 2.48. The first kappa shape index (κ1) is 14.3. The summed E-state index contributed by atoms with van der Waals surface area (Å²) in [6, 6.07) is 5.51. The maximum atomic E-state index is 12.0. The molecule has 0 atom stereocenters. The van der Waals surface area contributed by atoms with Crippen LogP contribution in [0.1, 0.15) is 20.7 Å². The average Bonchev–Trinajstić information content (AvgIpc) is 2.47. The molecule has 7 heteroatoms. The Hall–Kier alpha value is -3.09. The van der Waals surface area contributed by atoms with E-state index in [0.29, 0.717) is 5.75 Å². The van der Waals surface area contributed by atoms with Gasteiger partial charge in [0.1, 0.15) is 11.5 Å². The lowest BCUT2D eigenvalue weighted by Gasteiger charge is -2.08. The van der Waals surface area contributed by atoms with E-state index in [4.69, 9.17) is 9.84 Å². The Labute approximate surface area is 119 Å². The minimum atomic E-state index is -1.15. The summed E-state index contributed by atoms with van der Waals surface area (Å²) in [5.74, 6) is -1.56. The van der Waals surface area contributed by atoms with Gasteiger partial charge in [-0.1, -0.05) is 0 Å². The minimum Gasteiger partial charge on any atom is -0.507 e. The number of rotatable bonds is 4. The van der Waals surface area contributed by atoms with Gasteiger partial charge in [0.25, 0.3) is 5.91 Å². The molecule has 7 nitrogen and oxygen atoms in total. The van der Waals surface area contributed by atoms with Crippen LogP contribution in [-0.2, 0) is 0 Å². The summed E-state index contributed by atoms with van der Waals surface area (Å²) < 4.78 is 4.92. The highest BCUT2D eigenvalue weighted by molar-refractivity contribution is 6.06. The van der Waals surface area contributed by atoms with Crippen LogP contribution in [0.4, 0.5) is 5.69 Å². The molecule has 0 aliphatic rings. The van der Waals surface area contributed by atoms with E-state index < -0.39 is 11.9 Å². The summed E-state index contributed by atoms with van der Waals surface area (Å²) in [6.45, 7) is 0. The van der Waals surface area contributed by atoms with Gasteiger partial charge in [0.2, 0.25) is 0 Å². The van der Waals surface area contributed by atoms with Crippen molar-refractivity contribution in [2.75, 3.05) is 12.4 Å². The molecule has 0 aliphatic heterocycles. The van der Waals surface area contributed by atoms with Crippen molar-refractivity contribution in [3.63, 3.8) is 0 Å². The number of amides is 1. The molecule has 1 heterocycles. The van der Waals surface area contributed by atoms with Gasteiger partial charge >= 0.3 is 5.97 Å². The number of carboxylic acid groups (broad SMARTS) is 1. The fraction of sp³-hybridized carbons (Fsp3) is 0.0714. The standard InChI is InChI=1S/C14H12N2O5/c1-21-10-2-3-11(12(17)5-10)13(18)16-9-4-8(14(19)20)6-15-7-9/h2-7,17H,1H3,(H,16,18)(H,19,20). The summed E-state index contributed by atoms with van der Waals surface area (Å²) >= 11 is 0. The summed E-state index contributed by atoms with van der Waals surface area (Å²) in [4.78, 5) is 26.6. The van der Waals surface area contributed by atoms with Gasteiger partial charge in [-0.05, 0) is 18.2 Å². The van der Waals surface area contributed by atoms with Crippen LogP contribution in [0, 0.1) is 0 Å². The Morgan fingerprint density at radius 1 is 1.24 bits per heavy atom. The molecule has 1 amide bonds. The van der Waals surface area contributed by atoms with Crippen LogP contribution in [0.2, 0.25) is 0 Å². The maximum Gasteiger partial charge on any atom is 0.337 e. The van der Waals surface area contributed by atoms with Crippen LogP contribution in [0.5, 0.6) is 11.5 Å². The maximum absolute atomic E-state index is 12.0. The van der Waals surface area contributed by atoms with Crippen LogP contribution >= 0.6 is 0 Å². The van der Waals surface area contributed by atoms with Crippen molar-refractivity contribution in [1.82, 2.24) is 4.98 Å². The Morgan fingerprint density at radius 3 is 2.62 bits per heavy atom. The van der Waals surface area contributed by atoms with Gasteiger partial charge in [-0.25, -0.2) is 4.79 Å². The van der Waals surface area contributed by atoms with Crippen molar-refractivity contribution in [2.24, 2.45) is 0 Å². The highest BCUT2D eigenvalue weighted by Gasteiger charge is 2.13. The predicted molar refractivity (Wildman–Crippen MR) is 73.8 cm³/mol. The molecule has 108 valence electrons. The number of hydrogen-bond acceptors (Lipinski definition) is 5. The lowest BCUT2D eigenvalue weighted by Crippen LogP contribution is -2.13. The van der Waals surface area contributed by atoms with Crippen molar-refractivity contribution >= 4 is 17.6 Å². The number of nitrogens with zero attached hydrogens (tertiary/aromatic N) is 1. The summed E-state index contributed by atoms with van der Waals surface area (Å²) in [5.41, 5.74) is 0.207. The number of methoxy groups -OCH3 is 1. The van der Waals surface area contributed by atoms with Crippen LogP contribution in [0.3, 0.4) is 0 Å². The second-order valence-corrected chi connectivity index (χ2v) is 4.10. The van der Waals surface area contributed by atoms with E-state index in [1.54, 1.807) is 0 Å². The van der Waals surface area contributed by atoms with Crippen molar-refractivity contribution in [1.29, 1.82) is 0 Å². The number of carbonyl (C=O) groups excluding carboxylic acids is 1. The monoisotopic (exact) mass is 288 g/mol. The Morgan fingerprint density at radius 2 is 2.00 bits per heavy atom. The third kappa shape index (κ3) is 3.27. The number of ether oxygens (including phenoxy) is 1. The molecule has 0 saturated heterocycles. The fourth-order valence-electron chi connectivity index (χ4n) is 1.65. The SMILES string of the molecule is COc1ccc(C(=O)Nc2cncc(C(=O)O)c2)c(O)c1. The topological polar surface area (TPSA) is 109 Å². The fourth-order valence-corrected chi connectivity index (χ4v) is 1.65. The van der Waals surface area contributed by atoms with Gasteiger partial charge in [0.05, 0.1) is 30.1 Å². The van der Waals surface area contributed by atoms with Crippen molar-refractivity contribution in [2.45, 2.75) is 0 Å². The van der Waals surface area contributed by atoms with E-state index in [1.807, 2.05) is 0 Å². The lowest BCUT2D eigenvalue weighted by molar-refractivity contribution is 0.0696. The number of benzene rings is 1. The first-order chi connectivity index (χ1) is 10.0. The van der Waals surface area contributed by atoms with E-state index >= 15 is 0 Å². The molecule has 0 saturated carbocycles. The Bertz CT molecular complexity index is 700. The first-order valence-corrected chi connectivity index (χ1v) is 5.88. The molecule has 21 heavy (non-hydrogen) atoms. The smallest absolute Gasteiger partial charge is 0.337 e. The van der Waals surface area contributed by atoms with Gasteiger partial charge in [0, 0.05) is 12.3 Å². The number of anilines is 1. The molecule has 0 radical (unpaired) electrons. The molecule has 0 unspecified atom stereocenters. The number of aromatic hydroxyl groups is 1. The summed E-state index contributed by atoms with van der Waals surface area (Å²) in [5, 5.41) is 21.1. The van der Waals surface area contributed by atoms with Gasteiger partial charge < -0.3 is 20.3 Å². The van der Waals surface area contributed by atoms with E-state index in [0.717, 1.165) is 0 Å². The van der Waals surface area contributed by atoms with Crippen molar-refractivity contribution in [3.05, 3.63) is 47.8 Å². The number of hydrogen-bond donors (Lipinski definition) is 3. The largest absolute Gasteiger partial charge is 0.507 e. The lowest BCUT2D eigenvalue weighted by atomic mass is 10.1. The van der Waals surface area contributed by atoms with Crippen molar-refractivity contribution < 1.29 is 24.5 Å². The molecule has 0 fully saturated rings. The van der Waals surface area contributed by atoms with Gasteiger partial charge in [-0.15, -0.1) is 0 Å². The third-order valence-electron chi connectivity index (χ3n) is 2.69. The quantitative estimate of drug-likeness (QED) is 0.790. The Balaban J connectivity index is 2.22. The molecule has 2 rings (SSSR count). The van der Waals surface area contributed by atoms with Crippen LogP contribution in [0.25, 0.3) is 0 Å². The van der Waals surface area contributed by atoms with Gasteiger partial charge in [0.15, 0.2) is 0 Å². The minimum absolute atomic E-state index is 0.0385. The van der Waals surface area contributed by atoms with Crippen LogP contribution in [-0.4, -0.2) is 34.2 Å². The van der Waals surface area contributed by atoms with E-state index in [2.05, 4.69) is 10.3 Å². The highest BCUT2D eigenvalue weighted by atomic mass is 16.5. The number of pyridine rings is 1. The number of aromatic nitrogens is 1. The first-order valence-electron chi connectivity index (χ1n) is 5.88.